The highest BCUT2D eigenvalue weighted by Gasteiger charge is 2.16. The van der Waals surface area contributed by atoms with E-state index in [0.29, 0.717) is 6.04 Å². The molecule has 0 amide bonds. The number of imidazole rings is 1. The molecule has 0 saturated carbocycles. The molecule has 0 aliphatic rings. The molecule has 0 atom stereocenters. The topological polar surface area (TPSA) is 54.2 Å². The lowest BCUT2D eigenvalue weighted by atomic mass is 10.2. The third-order valence-corrected chi connectivity index (χ3v) is 3.08. The standard InChI is InChI=1S/C13H20N4O/c1-10(2)17(7-4-8-18)13-12-11(5-6-14-13)16(3)9-15-12/h5-6,9-10,18H,4,7-8H2,1-3H3. The maximum atomic E-state index is 8.99. The lowest BCUT2D eigenvalue weighted by Crippen LogP contribution is -2.33. The van der Waals surface area contributed by atoms with E-state index in [9.17, 15) is 0 Å². The van der Waals surface area contributed by atoms with E-state index in [-0.39, 0.29) is 6.61 Å². The van der Waals surface area contributed by atoms with Crippen LogP contribution in [-0.2, 0) is 7.05 Å². The largest absolute Gasteiger partial charge is 0.396 e. The predicted octanol–water partition coefficient (Wildman–Crippen LogP) is 1.57. The van der Waals surface area contributed by atoms with E-state index in [0.717, 1.165) is 29.8 Å². The first-order valence-electron chi connectivity index (χ1n) is 6.28. The number of aliphatic hydroxyl groups is 1. The van der Waals surface area contributed by atoms with Crippen molar-refractivity contribution >= 4 is 16.9 Å². The van der Waals surface area contributed by atoms with Crippen molar-refractivity contribution in [1.82, 2.24) is 14.5 Å². The number of aryl methyl sites for hydroxylation is 1. The van der Waals surface area contributed by atoms with Crippen LogP contribution in [0.3, 0.4) is 0 Å². The maximum Gasteiger partial charge on any atom is 0.156 e. The third kappa shape index (κ3) is 2.31. The average molecular weight is 248 g/mol. The average Bonchev–Trinajstić information content (AvgIpc) is 2.72. The van der Waals surface area contributed by atoms with E-state index in [2.05, 4.69) is 28.7 Å². The Labute approximate surface area is 107 Å². The second-order valence-electron chi connectivity index (χ2n) is 4.72. The van der Waals surface area contributed by atoms with Gasteiger partial charge in [-0.2, -0.15) is 0 Å². The molecule has 0 aliphatic carbocycles. The van der Waals surface area contributed by atoms with Gasteiger partial charge in [-0.1, -0.05) is 0 Å². The molecule has 5 heteroatoms. The Morgan fingerprint density at radius 1 is 1.39 bits per heavy atom. The highest BCUT2D eigenvalue weighted by atomic mass is 16.3. The van der Waals surface area contributed by atoms with Crippen molar-refractivity contribution in [3.8, 4) is 0 Å². The summed E-state index contributed by atoms with van der Waals surface area (Å²) in [5, 5.41) is 8.99. The minimum atomic E-state index is 0.196. The SMILES string of the molecule is CC(C)N(CCCO)c1nccc2c1ncn2C. The summed E-state index contributed by atoms with van der Waals surface area (Å²) >= 11 is 0. The summed E-state index contributed by atoms with van der Waals surface area (Å²) in [5.41, 5.74) is 2.00. The molecule has 2 rings (SSSR count). The monoisotopic (exact) mass is 248 g/mol. The van der Waals surface area contributed by atoms with Crippen molar-refractivity contribution in [1.29, 1.82) is 0 Å². The molecular formula is C13H20N4O. The molecule has 0 fully saturated rings. The van der Waals surface area contributed by atoms with Crippen LogP contribution in [0.4, 0.5) is 5.82 Å². The zero-order chi connectivity index (χ0) is 13.1. The van der Waals surface area contributed by atoms with Crippen LogP contribution in [0.1, 0.15) is 20.3 Å². The zero-order valence-corrected chi connectivity index (χ0v) is 11.2. The van der Waals surface area contributed by atoms with Crippen LogP contribution in [0, 0.1) is 0 Å². The molecule has 98 valence electrons. The van der Waals surface area contributed by atoms with E-state index in [1.54, 1.807) is 6.33 Å². The zero-order valence-electron chi connectivity index (χ0n) is 11.2. The molecule has 0 aliphatic heterocycles. The molecule has 0 saturated heterocycles. The molecule has 2 heterocycles. The van der Waals surface area contributed by atoms with Crippen molar-refractivity contribution in [2.75, 3.05) is 18.1 Å². The molecule has 0 spiro atoms. The van der Waals surface area contributed by atoms with Gasteiger partial charge in [0.2, 0.25) is 0 Å². The third-order valence-electron chi connectivity index (χ3n) is 3.08. The Hall–Kier alpha value is -1.62. The van der Waals surface area contributed by atoms with Crippen LogP contribution in [0.5, 0.6) is 0 Å². The molecule has 1 N–H and O–H groups in total. The Kier molecular flexibility index (Phi) is 3.81. The van der Waals surface area contributed by atoms with Gasteiger partial charge >= 0.3 is 0 Å². The highest BCUT2D eigenvalue weighted by Crippen LogP contribution is 2.24. The maximum absolute atomic E-state index is 8.99. The minimum absolute atomic E-state index is 0.196. The fourth-order valence-electron chi connectivity index (χ4n) is 2.11. The Morgan fingerprint density at radius 3 is 2.83 bits per heavy atom. The van der Waals surface area contributed by atoms with E-state index in [1.807, 2.05) is 23.9 Å². The fraction of sp³-hybridized carbons (Fsp3) is 0.538. The Balaban J connectivity index is 2.43. The van der Waals surface area contributed by atoms with Crippen LogP contribution in [0.15, 0.2) is 18.6 Å². The van der Waals surface area contributed by atoms with Gasteiger partial charge in [0.15, 0.2) is 5.82 Å². The summed E-state index contributed by atoms with van der Waals surface area (Å²) in [6.45, 7) is 5.24. The number of nitrogens with zero attached hydrogens (tertiary/aromatic N) is 4. The Bertz CT molecular complexity index is 521. The minimum Gasteiger partial charge on any atom is -0.396 e. The smallest absolute Gasteiger partial charge is 0.156 e. The lowest BCUT2D eigenvalue weighted by molar-refractivity contribution is 0.288. The first-order chi connectivity index (χ1) is 8.65. The van der Waals surface area contributed by atoms with Crippen molar-refractivity contribution < 1.29 is 5.11 Å². The number of pyridine rings is 1. The van der Waals surface area contributed by atoms with Gasteiger partial charge in [-0.3, -0.25) is 0 Å². The van der Waals surface area contributed by atoms with Crippen molar-refractivity contribution in [3.63, 3.8) is 0 Å². The van der Waals surface area contributed by atoms with Crippen molar-refractivity contribution in [2.45, 2.75) is 26.3 Å². The van der Waals surface area contributed by atoms with Gasteiger partial charge in [0.25, 0.3) is 0 Å². The summed E-state index contributed by atoms with van der Waals surface area (Å²) < 4.78 is 1.99. The first kappa shape index (κ1) is 12.8. The van der Waals surface area contributed by atoms with Crippen LogP contribution in [0.25, 0.3) is 11.0 Å². The van der Waals surface area contributed by atoms with Crippen molar-refractivity contribution in [3.05, 3.63) is 18.6 Å². The van der Waals surface area contributed by atoms with Gasteiger partial charge < -0.3 is 14.6 Å². The quantitative estimate of drug-likeness (QED) is 0.872. The molecule has 0 aromatic carbocycles. The molecular weight excluding hydrogens is 228 g/mol. The van der Waals surface area contributed by atoms with Crippen LogP contribution < -0.4 is 4.90 Å². The van der Waals surface area contributed by atoms with Gasteiger partial charge in [0.1, 0.15) is 5.52 Å². The number of fused-ring (bicyclic) bond motifs is 1. The molecule has 5 nitrogen and oxygen atoms in total. The predicted molar refractivity (Wildman–Crippen MR) is 72.7 cm³/mol. The molecule has 2 aromatic heterocycles. The van der Waals surface area contributed by atoms with Crippen LogP contribution >= 0.6 is 0 Å². The number of hydrogen-bond acceptors (Lipinski definition) is 4. The summed E-state index contributed by atoms with van der Waals surface area (Å²) in [6, 6.07) is 2.30. The molecule has 2 aromatic rings. The van der Waals surface area contributed by atoms with Gasteiger partial charge in [-0.05, 0) is 26.3 Å². The van der Waals surface area contributed by atoms with Crippen LogP contribution in [0.2, 0.25) is 0 Å². The normalized spacial score (nSPS) is 11.4. The fourth-order valence-corrected chi connectivity index (χ4v) is 2.11. The van der Waals surface area contributed by atoms with Crippen molar-refractivity contribution in [2.24, 2.45) is 7.05 Å². The van der Waals surface area contributed by atoms with E-state index in [1.165, 1.54) is 0 Å². The van der Waals surface area contributed by atoms with Gasteiger partial charge in [0, 0.05) is 32.4 Å². The van der Waals surface area contributed by atoms with Gasteiger partial charge in [0.05, 0.1) is 11.8 Å². The van der Waals surface area contributed by atoms with Gasteiger partial charge in [-0.25, -0.2) is 9.97 Å². The molecule has 18 heavy (non-hydrogen) atoms. The Morgan fingerprint density at radius 2 is 2.17 bits per heavy atom. The van der Waals surface area contributed by atoms with Crippen LogP contribution in [-0.4, -0.2) is 38.8 Å². The molecule has 0 bridgehead atoms. The molecule has 0 radical (unpaired) electrons. The number of hydrogen-bond donors (Lipinski definition) is 1. The van der Waals surface area contributed by atoms with E-state index < -0.39 is 0 Å². The first-order valence-corrected chi connectivity index (χ1v) is 6.28. The lowest BCUT2D eigenvalue weighted by Gasteiger charge is -2.27. The summed E-state index contributed by atoms with van der Waals surface area (Å²) in [4.78, 5) is 11.1. The number of rotatable bonds is 5. The summed E-state index contributed by atoms with van der Waals surface area (Å²) in [5.74, 6) is 0.900. The number of aromatic nitrogens is 3. The van der Waals surface area contributed by atoms with Gasteiger partial charge in [-0.15, -0.1) is 0 Å². The highest BCUT2D eigenvalue weighted by molar-refractivity contribution is 5.86. The number of anilines is 1. The summed E-state index contributed by atoms with van der Waals surface area (Å²) in [6.07, 6.45) is 4.36. The second kappa shape index (κ2) is 5.35. The second-order valence-corrected chi connectivity index (χ2v) is 4.72. The van der Waals surface area contributed by atoms with E-state index in [4.69, 9.17) is 5.11 Å². The number of aliphatic hydroxyl groups excluding tert-OH is 1. The summed E-state index contributed by atoms with van der Waals surface area (Å²) in [7, 11) is 1.98. The van der Waals surface area contributed by atoms with E-state index >= 15 is 0 Å². The molecule has 0 unspecified atom stereocenters.